The van der Waals surface area contributed by atoms with Crippen LogP contribution in [-0.2, 0) is 4.79 Å². The molecule has 0 unspecified atom stereocenters. The third-order valence-corrected chi connectivity index (χ3v) is 4.64. The van der Waals surface area contributed by atoms with Crippen LogP contribution < -0.4 is 10.9 Å². The second kappa shape index (κ2) is 7.33. The predicted octanol–water partition coefficient (Wildman–Crippen LogP) is 2.95. The van der Waals surface area contributed by atoms with Gasteiger partial charge in [-0.05, 0) is 23.6 Å². The van der Waals surface area contributed by atoms with Gasteiger partial charge in [-0.3, -0.25) is 20.4 Å². The predicted molar refractivity (Wildman–Crippen MR) is 82.1 cm³/mol. The van der Waals surface area contributed by atoms with E-state index >= 15 is 0 Å². The summed E-state index contributed by atoms with van der Waals surface area (Å²) in [4.78, 5) is 24.6. The molecule has 0 bridgehead atoms. The average Bonchev–Trinajstić information content (AvgIpc) is 2.98. The van der Waals surface area contributed by atoms with E-state index in [1.165, 1.54) is 23.1 Å². The first-order valence-corrected chi connectivity index (χ1v) is 7.91. The SMILES string of the molecule is O=C(CSc1ccccc1Cl)NNC(=O)c1cccs1. The zero-order valence-electron chi connectivity index (χ0n) is 10.3. The highest BCUT2D eigenvalue weighted by molar-refractivity contribution is 8.00. The summed E-state index contributed by atoms with van der Waals surface area (Å²) in [6.45, 7) is 0. The molecule has 0 saturated heterocycles. The van der Waals surface area contributed by atoms with E-state index < -0.39 is 0 Å². The first kappa shape index (κ1) is 14.9. The maximum Gasteiger partial charge on any atom is 0.279 e. The van der Waals surface area contributed by atoms with Crippen LogP contribution in [0.15, 0.2) is 46.7 Å². The number of amides is 2. The number of benzene rings is 1. The topological polar surface area (TPSA) is 58.2 Å². The summed E-state index contributed by atoms with van der Waals surface area (Å²) < 4.78 is 0. The van der Waals surface area contributed by atoms with Gasteiger partial charge in [0.15, 0.2) is 0 Å². The molecule has 1 heterocycles. The first-order chi connectivity index (χ1) is 9.66. The standard InChI is InChI=1S/C13H11ClN2O2S2/c14-9-4-1-2-5-10(9)20-8-12(17)15-16-13(18)11-6-3-7-19-11/h1-7H,8H2,(H,15,17)(H,16,18). The van der Waals surface area contributed by atoms with Crippen molar-refractivity contribution in [2.24, 2.45) is 0 Å². The lowest BCUT2D eigenvalue weighted by Crippen LogP contribution is -2.42. The van der Waals surface area contributed by atoms with Crippen LogP contribution in [0.25, 0.3) is 0 Å². The number of carbonyl (C=O) groups is 2. The Bertz CT molecular complexity index is 602. The van der Waals surface area contributed by atoms with Crippen LogP contribution in [0.4, 0.5) is 0 Å². The van der Waals surface area contributed by atoms with Crippen LogP contribution >= 0.6 is 34.7 Å². The Kier molecular flexibility index (Phi) is 5.46. The van der Waals surface area contributed by atoms with Gasteiger partial charge >= 0.3 is 0 Å². The molecule has 7 heteroatoms. The van der Waals surface area contributed by atoms with Crippen molar-refractivity contribution in [2.45, 2.75) is 4.90 Å². The molecule has 0 aliphatic heterocycles. The maximum absolute atomic E-state index is 11.6. The second-order valence-electron chi connectivity index (χ2n) is 3.70. The molecule has 0 spiro atoms. The van der Waals surface area contributed by atoms with E-state index in [4.69, 9.17) is 11.6 Å². The van der Waals surface area contributed by atoms with Gasteiger partial charge in [0.25, 0.3) is 5.91 Å². The summed E-state index contributed by atoms with van der Waals surface area (Å²) in [6, 6.07) is 10.7. The molecular weight excluding hydrogens is 316 g/mol. The van der Waals surface area contributed by atoms with Crippen LogP contribution in [0.3, 0.4) is 0 Å². The Morgan fingerprint density at radius 1 is 1.15 bits per heavy atom. The summed E-state index contributed by atoms with van der Waals surface area (Å²) in [6.07, 6.45) is 0. The van der Waals surface area contributed by atoms with Gasteiger partial charge in [-0.15, -0.1) is 23.1 Å². The quantitative estimate of drug-likeness (QED) is 0.671. The fraction of sp³-hybridized carbons (Fsp3) is 0.0769. The minimum absolute atomic E-state index is 0.175. The monoisotopic (exact) mass is 326 g/mol. The molecule has 0 radical (unpaired) electrons. The third-order valence-electron chi connectivity index (χ3n) is 2.26. The summed E-state index contributed by atoms with van der Waals surface area (Å²) in [5.41, 5.74) is 4.73. The highest BCUT2D eigenvalue weighted by Gasteiger charge is 2.09. The number of thioether (sulfide) groups is 1. The van der Waals surface area contributed by atoms with Crippen molar-refractivity contribution in [1.29, 1.82) is 0 Å². The molecule has 2 amide bonds. The maximum atomic E-state index is 11.6. The molecule has 2 aromatic rings. The smallest absolute Gasteiger partial charge is 0.272 e. The molecule has 0 atom stereocenters. The van der Waals surface area contributed by atoms with E-state index in [9.17, 15) is 9.59 Å². The van der Waals surface area contributed by atoms with Crippen LogP contribution in [-0.4, -0.2) is 17.6 Å². The minimum Gasteiger partial charge on any atom is -0.272 e. The first-order valence-electron chi connectivity index (χ1n) is 5.67. The highest BCUT2D eigenvalue weighted by Crippen LogP contribution is 2.26. The van der Waals surface area contributed by atoms with Gasteiger partial charge in [0, 0.05) is 4.90 Å². The van der Waals surface area contributed by atoms with Crippen LogP contribution in [0, 0.1) is 0 Å². The van der Waals surface area contributed by atoms with Gasteiger partial charge in [0.05, 0.1) is 15.7 Å². The molecule has 1 aromatic carbocycles. The molecule has 1 aromatic heterocycles. The van der Waals surface area contributed by atoms with Crippen molar-refractivity contribution in [3.63, 3.8) is 0 Å². The van der Waals surface area contributed by atoms with Crippen LogP contribution in [0.1, 0.15) is 9.67 Å². The van der Waals surface area contributed by atoms with Gasteiger partial charge in [0.1, 0.15) is 0 Å². The van der Waals surface area contributed by atoms with E-state index in [1.807, 2.05) is 18.2 Å². The van der Waals surface area contributed by atoms with E-state index in [2.05, 4.69) is 10.9 Å². The van der Waals surface area contributed by atoms with Crippen LogP contribution in [0.5, 0.6) is 0 Å². The lowest BCUT2D eigenvalue weighted by molar-refractivity contribution is -0.119. The highest BCUT2D eigenvalue weighted by atomic mass is 35.5. The number of carbonyl (C=O) groups excluding carboxylic acids is 2. The molecule has 2 rings (SSSR count). The fourth-order valence-electron chi connectivity index (χ4n) is 1.34. The molecular formula is C13H11ClN2O2S2. The molecule has 0 aliphatic carbocycles. The summed E-state index contributed by atoms with van der Waals surface area (Å²) >= 11 is 8.60. The van der Waals surface area contributed by atoms with Gasteiger partial charge in [-0.2, -0.15) is 0 Å². The fourth-order valence-corrected chi connectivity index (χ4v) is 2.99. The van der Waals surface area contributed by atoms with Gasteiger partial charge in [0.2, 0.25) is 5.91 Å². The largest absolute Gasteiger partial charge is 0.279 e. The molecule has 0 fully saturated rings. The molecule has 4 nitrogen and oxygen atoms in total. The lowest BCUT2D eigenvalue weighted by Gasteiger charge is -2.06. The summed E-state index contributed by atoms with van der Waals surface area (Å²) in [7, 11) is 0. The van der Waals surface area contributed by atoms with Gasteiger partial charge in [-0.25, -0.2) is 0 Å². The Balaban J connectivity index is 1.76. The number of hydrogen-bond acceptors (Lipinski definition) is 4. The second-order valence-corrected chi connectivity index (χ2v) is 6.07. The Morgan fingerprint density at radius 3 is 2.65 bits per heavy atom. The van der Waals surface area contributed by atoms with E-state index in [1.54, 1.807) is 23.6 Å². The average molecular weight is 327 g/mol. The van der Waals surface area contributed by atoms with Gasteiger partial charge in [-0.1, -0.05) is 29.8 Å². The van der Waals surface area contributed by atoms with Crippen molar-refractivity contribution in [3.05, 3.63) is 51.7 Å². The van der Waals surface area contributed by atoms with Gasteiger partial charge < -0.3 is 0 Å². The Labute approximate surface area is 129 Å². The summed E-state index contributed by atoms with van der Waals surface area (Å²) in [5.74, 6) is -0.440. The Morgan fingerprint density at radius 2 is 1.95 bits per heavy atom. The normalized spacial score (nSPS) is 10.1. The van der Waals surface area contributed by atoms with Crippen molar-refractivity contribution < 1.29 is 9.59 Å². The number of rotatable bonds is 4. The van der Waals surface area contributed by atoms with Crippen molar-refractivity contribution in [3.8, 4) is 0 Å². The zero-order chi connectivity index (χ0) is 14.4. The number of hydrogen-bond donors (Lipinski definition) is 2. The Hall–Kier alpha value is -1.50. The van der Waals surface area contributed by atoms with Crippen molar-refractivity contribution in [1.82, 2.24) is 10.9 Å². The minimum atomic E-state index is -0.323. The van der Waals surface area contributed by atoms with E-state index in [0.29, 0.717) is 9.90 Å². The molecule has 0 aliphatic rings. The lowest BCUT2D eigenvalue weighted by atomic mass is 10.4. The van der Waals surface area contributed by atoms with Crippen molar-refractivity contribution >= 4 is 46.5 Å². The molecule has 20 heavy (non-hydrogen) atoms. The summed E-state index contributed by atoms with van der Waals surface area (Å²) in [5, 5.41) is 2.40. The van der Waals surface area contributed by atoms with E-state index in [-0.39, 0.29) is 17.6 Å². The molecule has 0 saturated carbocycles. The molecule has 2 N–H and O–H groups in total. The number of thiophene rings is 1. The van der Waals surface area contributed by atoms with Crippen LogP contribution in [0.2, 0.25) is 5.02 Å². The number of hydrazine groups is 1. The van der Waals surface area contributed by atoms with Crippen molar-refractivity contribution in [2.75, 3.05) is 5.75 Å². The molecule has 104 valence electrons. The number of nitrogens with one attached hydrogen (secondary N) is 2. The zero-order valence-corrected chi connectivity index (χ0v) is 12.6. The van der Waals surface area contributed by atoms with E-state index in [0.717, 1.165) is 4.90 Å². The third kappa shape index (κ3) is 4.26. The number of halogens is 1.